The lowest BCUT2D eigenvalue weighted by molar-refractivity contribution is -0.119. The minimum atomic E-state index is -0.510. The van der Waals surface area contributed by atoms with Gasteiger partial charge in [0, 0.05) is 12.2 Å². The van der Waals surface area contributed by atoms with Gasteiger partial charge in [0.2, 0.25) is 12.7 Å². The van der Waals surface area contributed by atoms with E-state index in [0.717, 1.165) is 23.2 Å². The van der Waals surface area contributed by atoms with E-state index in [0.29, 0.717) is 28.3 Å². The normalized spacial score (nSPS) is 14.1. The Morgan fingerprint density at radius 2 is 1.85 bits per heavy atom. The van der Waals surface area contributed by atoms with Gasteiger partial charge in [-0.05, 0) is 47.2 Å². The fourth-order valence-corrected chi connectivity index (χ4v) is 5.31. The largest absolute Gasteiger partial charge is 0.454 e. The van der Waals surface area contributed by atoms with Crippen molar-refractivity contribution in [1.29, 1.82) is 0 Å². The molecular formula is C24H19N3O5S. The molecule has 4 aromatic rings. The Labute approximate surface area is 191 Å². The molecule has 0 aliphatic carbocycles. The minimum Gasteiger partial charge on any atom is -0.454 e. The van der Waals surface area contributed by atoms with Crippen LogP contribution in [0.25, 0.3) is 10.2 Å². The molecule has 9 heteroatoms. The smallest absolute Gasteiger partial charge is 0.332 e. The van der Waals surface area contributed by atoms with Gasteiger partial charge >= 0.3 is 5.69 Å². The molecule has 0 saturated heterocycles. The van der Waals surface area contributed by atoms with E-state index in [2.05, 4.69) is 0 Å². The fourth-order valence-electron chi connectivity index (χ4n) is 4.47. The summed E-state index contributed by atoms with van der Waals surface area (Å²) >= 11 is 1.27. The van der Waals surface area contributed by atoms with Gasteiger partial charge in [-0.1, -0.05) is 24.3 Å². The first-order valence-electron chi connectivity index (χ1n) is 10.6. The van der Waals surface area contributed by atoms with Gasteiger partial charge in [0.1, 0.15) is 11.2 Å². The number of benzene rings is 2. The van der Waals surface area contributed by atoms with Gasteiger partial charge in [-0.25, -0.2) is 4.79 Å². The maximum absolute atomic E-state index is 13.4. The third-order valence-corrected chi connectivity index (χ3v) is 6.99. The molecule has 0 N–H and O–H groups in total. The third-order valence-electron chi connectivity index (χ3n) is 6.10. The van der Waals surface area contributed by atoms with E-state index < -0.39 is 5.69 Å². The third kappa shape index (κ3) is 3.23. The molecule has 0 spiro atoms. The van der Waals surface area contributed by atoms with Crippen molar-refractivity contribution in [3.8, 4) is 11.5 Å². The zero-order valence-corrected chi connectivity index (χ0v) is 18.3. The molecule has 6 rings (SSSR count). The monoisotopic (exact) mass is 461 g/mol. The van der Waals surface area contributed by atoms with Crippen LogP contribution in [0, 0.1) is 0 Å². The van der Waals surface area contributed by atoms with Gasteiger partial charge < -0.3 is 14.4 Å². The maximum Gasteiger partial charge on any atom is 0.332 e. The Kier molecular flexibility index (Phi) is 4.58. The van der Waals surface area contributed by atoms with Crippen LogP contribution in [0.4, 0.5) is 5.69 Å². The second-order valence-electron chi connectivity index (χ2n) is 8.01. The first-order valence-corrected chi connectivity index (χ1v) is 11.5. The molecule has 2 aromatic heterocycles. The lowest BCUT2D eigenvalue weighted by atomic mass is 10.2. The molecule has 2 aliphatic heterocycles. The van der Waals surface area contributed by atoms with Crippen LogP contribution in [0.5, 0.6) is 11.5 Å². The molecule has 166 valence electrons. The van der Waals surface area contributed by atoms with E-state index in [1.54, 1.807) is 34.5 Å². The van der Waals surface area contributed by atoms with Gasteiger partial charge in [-0.3, -0.25) is 18.7 Å². The number of carbonyl (C=O) groups is 1. The highest BCUT2D eigenvalue weighted by Gasteiger charge is 2.26. The predicted molar refractivity (Wildman–Crippen MR) is 125 cm³/mol. The molecule has 2 aliphatic rings. The molecule has 0 bridgehead atoms. The summed E-state index contributed by atoms with van der Waals surface area (Å²) in [5, 5.41) is 1.77. The summed E-state index contributed by atoms with van der Waals surface area (Å²) in [5.74, 6) is 1.04. The van der Waals surface area contributed by atoms with Crippen LogP contribution in [0.15, 0.2) is 63.5 Å². The van der Waals surface area contributed by atoms with Gasteiger partial charge in [-0.2, -0.15) is 0 Å². The highest BCUT2D eigenvalue weighted by Crippen LogP contribution is 2.32. The summed E-state index contributed by atoms with van der Waals surface area (Å²) in [6.45, 7) is 0.662. The number of hydrogen-bond acceptors (Lipinski definition) is 6. The zero-order valence-electron chi connectivity index (χ0n) is 17.5. The number of fused-ring (bicyclic) bond motifs is 3. The lowest BCUT2D eigenvalue weighted by Crippen LogP contribution is -2.43. The zero-order chi connectivity index (χ0) is 22.5. The number of hydrogen-bond donors (Lipinski definition) is 0. The van der Waals surface area contributed by atoms with Gasteiger partial charge in [0.05, 0.1) is 12.1 Å². The number of thiophene rings is 1. The van der Waals surface area contributed by atoms with Crippen molar-refractivity contribution in [2.24, 2.45) is 0 Å². The molecule has 0 radical (unpaired) electrons. The minimum absolute atomic E-state index is 0.0723. The molecule has 8 nitrogen and oxygen atoms in total. The molecular weight excluding hydrogens is 442 g/mol. The summed E-state index contributed by atoms with van der Waals surface area (Å²) < 4.78 is 13.8. The van der Waals surface area contributed by atoms with Crippen molar-refractivity contribution in [3.63, 3.8) is 0 Å². The number of nitrogens with zero attached hydrogens (tertiary/aromatic N) is 3. The van der Waals surface area contributed by atoms with E-state index in [-0.39, 0.29) is 31.3 Å². The number of para-hydroxylation sites is 1. The Morgan fingerprint density at radius 3 is 2.76 bits per heavy atom. The molecule has 4 heterocycles. The average Bonchev–Trinajstić information content (AvgIpc) is 3.58. The standard InChI is InChI=1S/C24H19N3O5S/c28-21(25-9-7-16-3-1-2-4-17(16)25)13-26-18-8-10-33-22(18)23(29)27(24(26)30)12-15-5-6-19-20(11-15)32-14-31-19/h1-6,8,10-11H,7,9,12-14H2. The van der Waals surface area contributed by atoms with Crippen molar-refractivity contribution < 1.29 is 14.3 Å². The Balaban J connectivity index is 1.39. The van der Waals surface area contributed by atoms with Crippen molar-refractivity contribution >= 4 is 33.1 Å². The van der Waals surface area contributed by atoms with E-state index in [1.807, 2.05) is 24.3 Å². The van der Waals surface area contributed by atoms with Gasteiger partial charge in [0.25, 0.3) is 5.56 Å². The second-order valence-corrected chi connectivity index (χ2v) is 8.92. The summed E-state index contributed by atoms with van der Waals surface area (Å²) in [6, 6.07) is 14.8. The quantitative estimate of drug-likeness (QED) is 0.467. The first kappa shape index (κ1) is 19.8. The van der Waals surface area contributed by atoms with Crippen LogP contribution in [-0.4, -0.2) is 28.4 Å². The van der Waals surface area contributed by atoms with Gasteiger partial charge in [0.15, 0.2) is 11.5 Å². The molecule has 1 amide bonds. The van der Waals surface area contributed by atoms with E-state index in [4.69, 9.17) is 9.47 Å². The Bertz CT molecular complexity index is 1530. The number of ether oxygens (including phenoxy) is 2. The number of carbonyl (C=O) groups excluding carboxylic acids is 1. The summed E-state index contributed by atoms with van der Waals surface area (Å²) in [6.07, 6.45) is 0.786. The number of anilines is 1. The fraction of sp³-hybridized carbons (Fsp3) is 0.208. The predicted octanol–water partition coefficient (Wildman–Crippen LogP) is 2.59. The van der Waals surface area contributed by atoms with Crippen LogP contribution < -0.4 is 25.6 Å². The highest BCUT2D eigenvalue weighted by atomic mass is 32.1. The summed E-state index contributed by atoms with van der Waals surface area (Å²) in [4.78, 5) is 41.5. The summed E-state index contributed by atoms with van der Waals surface area (Å²) in [5.41, 5.74) is 2.35. The molecule has 0 saturated carbocycles. The van der Waals surface area contributed by atoms with E-state index in [9.17, 15) is 14.4 Å². The van der Waals surface area contributed by atoms with Crippen LogP contribution in [0.2, 0.25) is 0 Å². The lowest BCUT2D eigenvalue weighted by Gasteiger charge is -2.19. The van der Waals surface area contributed by atoms with Crippen molar-refractivity contribution in [3.05, 3.63) is 85.9 Å². The molecule has 33 heavy (non-hydrogen) atoms. The maximum atomic E-state index is 13.4. The van der Waals surface area contributed by atoms with Crippen LogP contribution >= 0.6 is 11.3 Å². The first-order chi connectivity index (χ1) is 16.1. The average molecular weight is 461 g/mol. The topological polar surface area (TPSA) is 82.8 Å². The number of rotatable bonds is 4. The Morgan fingerprint density at radius 1 is 1.00 bits per heavy atom. The van der Waals surface area contributed by atoms with Crippen molar-refractivity contribution in [2.75, 3.05) is 18.2 Å². The second kappa shape index (κ2) is 7.63. The number of amides is 1. The SMILES string of the molecule is O=C(Cn1c(=O)n(Cc2ccc3c(c2)OCO3)c(=O)c2sccc21)N1CCc2ccccc21. The van der Waals surface area contributed by atoms with Gasteiger partial charge in [-0.15, -0.1) is 11.3 Å². The van der Waals surface area contributed by atoms with Crippen LogP contribution in [0.3, 0.4) is 0 Å². The van der Waals surface area contributed by atoms with E-state index >= 15 is 0 Å². The van der Waals surface area contributed by atoms with Crippen LogP contribution in [-0.2, 0) is 24.3 Å². The van der Waals surface area contributed by atoms with Crippen molar-refractivity contribution in [1.82, 2.24) is 9.13 Å². The molecule has 2 aromatic carbocycles. The molecule has 0 atom stereocenters. The van der Waals surface area contributed by atoms with E-state index in [1.165, 1.54) is 20.5 Å². The highest BCUT2D eigenvalue weighted by molar-refractivity contribution is 7.17. The molecule has 0 fully saturated rings. The number of aromatic nitrogens is 2. The van der Waals surface area contributed by atoms with Crippen molar-refractivity contribution in [2.45, 2.75) is 19.5 Å². The van der Waals surface area contributed by atoms with Crippen LogP contribution in [0.1, 0.15) is 11.1 Å². The summed E-state index contributed by atoms with van der Waals surface area (Å²) in [7, 11) is 0. The molecule has 0 unspecified atom stereocenters. The Hall–Kier alpha value is -3.85.